The number of nitrogens with zero attached hydrogens (tertiary/aromatic N) is 3. The van der Waals surface area contributed by atoms with Crippen molar-refractivity contribution in [2.45, 2.75) is 6.18 Å². The predicted octanol–water partition coefficient (Wildman–Crippen LogP) is 3.50. The maximum Gasteiger partial charge on any atom is 0.420 e. The van der Waals surface area contributed by atoms with Gasteiger partial charge in [-0.2, -0.15) is 13.2 Å². The van der Waals surface area contributed by atoms with E-state index >= 15 is 0 Å². The van der Waals surface area contributed by atoms with Crippen LogP contribution in [0.5, 0.6) is 5.75 Å². The van der Waals surface area contributed by atoms with Gasteiger partial charge in [0.15, 0.2) is 11.6 Å². The SMILES string of the molecule is O=c1[nH]c(-n2c(-c3ccccn3)nc3ccccc32)cc(C(F)(F)F)c1O. The molecule has 0 saturated heterocycles. The molecular formula is C18H11F3N4O2. The largest absolute Gasteiger partial charge is 0.503 e. The minimum atomic E-state index is -4.89. The Morgan fingerprint density at radius 3 is 2.52 bits per heavy atom. The minimum absolute atomic E-state index is 0.181. The highest BCUT2D eigenvalue weighted by Crippen LogP contribution is 2.35. The van der Waals surface area contributed by atoms with E-state index in [1.54, 1.807) is 42.5 Å². The van der Waals surface area contributed by atoms with Crippen LogP contribution >= 0.6 is 0 Å². The Labute approximate surface area is 149 Å². The van der Waals surface area contributed by atoms with E-state index in [0.29, 0.717) is 22.8 Å². The summed E-state index contributed by atoms with van der Waals surface area (Å²) in [4.78, 5) is 22.8. The fourth-order valence-corrected chi connectivity index (χ4v) is 2.81. The Hall–Kier alpha value is -3.62. The third kappa shape index (κ3) is 2.82. The van der Waals surface area contributed by atoms with E-state index in [9.17, 15) is 23.1 Å². The lowest BCUT2D eigenvalue weighted by Crippen LogP contribution is -2.17. The van der Waals surface area contributed by atoms with E-state index in [4.69, 9.17) is 0 Å². The number of alkyl halides is 3. The number of benzene rings is 1. The number of rotatable bonds is 2. The highest BCUT2D eigenvalue weighted by atomic mass is 19.4. The fraction of sp³-hybridized carbons (Fsp3) is 0.0556. The Morgan fingerprint density at radius 1 is 1.07 bits per heavy atom. The monoisotopic (exact) mass is 372 g/mol. The predicted molar refractivity (Wildman–Crippen MR) is 91.6 cm³/mol. The van der Waals surface area contributed by atoms with Crippen LogP contribution in [-0.2, 0) is 6.18 Å². The molecule has 9 heteroatoms. The Bertz CT molecular complexity index is 1200. The molecule has 27 heavy (non-hydrogen) atoms. The van der Waals surface area contributed by atoms with Crippen LogP contribution in [0.1, 0.15) is 5.56 Å². The van der Waals surface area contributed by atoms with Crippen LogP contribution < -0.4 is 5.56 Å². The van der Waals surface area contributed by atoms with Gasteiger partial charge in [-0.05, 0) is 30.3 Å². The summed E-state index contributed by atoms with van der Waals surface area (Å²) in [5.74, 6) is -1.30. The van der Waals surface area contributed by atoms with E-state index in [1.807, 2.05) is 0 Å². The number of imidazole rings is 1. The molecule has 4 rings (SSSR count). The van der Waals surface area contributed by atoms with E-state index in [2.05, 4.69) is 15.0 Å². The summed E-state index contributed by atoms with van der Waals surface area (Å²) in [6.45, 7) is 0. The molecule has 1 aromatic carbocycles. The summed E-state index contributed by atoms with van der Waals surface area (Å²) in [7, 11) is 0. The topological polar surface area (TPSA) is 83.8 Å². The lowest BCUT2D eigenvalue weighted by molar-refractivity contribution is -0.138. The third-order valence-corrected chi connectivity index (χ3v) is 3.99. The average molecular weight is 372 g/mol. The normalized spacial score (nSPS) is 11.8. The molecule has 0 saturated carbocycles. The Balaban J connectivity index is 2.08. The second-order valence-corrected chi connectivity index (χ2v) is 5.72. The first kappa shape index (κ1) is 16.8. The van der Waals surface area contributed by atoms with Crippen molar-refractivity contribution in [1.29, 1.82) is 0 Å². The maximum absolute atomic E-state index is 13.2. The zero-order valence-corrected chi connectivity index (χ0v) is 13.5. The van der Waals surface area contributed by atoms with Gasteiger partial charge in [-0.25, -0.2) is 4.98 Å². The summed E-state index contributed by atoms with van der Waals surface area (Å²) in [6, 6.07) is 12.5. The number of pyridine rings is 2. The molecule has 136 valence electrons. The van der Waals surface area contributed by atoms with Gasteiger partial charge in [0.2, 0.25) is 0 Å². The van der Waals surface area contributed by atoms with Gasteiger partial charge in [0.25, 0.3) is 5.56 Å². The van der Waals surface area contributed by atoms with Crippen molar-refractivity contribution in [2.24, 2.45) is 0 Å². The van der Waals surface area contributed by atoms with Crippen LogP contribution in [0, 0.1) is 0 Å². The maximum atomic E-state index is 13.2. The number of aromatic hydroxyl groups is 1. The minimum Gasteiger partial charge on any atom is -0.503 e. The van der Waals surface area contributed by atoms with Gasteiger partial charge in [-0.3, -0.25) is 14.3 Å². The Kier molecular flexibility index (Phi) is 3.72. The number of hydrogen-bond donors (Lipinski definition) is 2. The van der Waals surface area contributed by atoms with Crippen LogP contribution in [0.4, 0.5) is 13.2 Å². The fourth-order valence-electron chi connectivity index (χ4n) is 2.81. The van der Waals surface area contributed by atoms with Crippen LogP contribution in [0.15, 0.2) is 59.5 Å². The highest BCUT2D eigenvalue weighted by molar-refractivity contribution is 5.82. The number of nitrogens with one attached hydrogen (secondary N) is 1. The molecule has 2 N–H and O–H groups in total. The van der Waals surface area contributed by atoms with Crippen molar-refractivity contribution >= 4 is 11.0 Å². The lowest BCUT2D eigenvalue weighted by Gasteiger charge is -2.13. The number of halogens is 3. The molecule has 0 aliphatic heterocycles. The second kappa shape index (κ2) is 5.97. The lowest BCUT2D eigenvalue weighted by atomic mass is 10.2. The molecule has 3 aromatic heterocycles. The van der Waals surface area contributed by atoms with Gasteiger partial charge in [0.1, 0.15) is 17.1 Å². The van der Waals surface area contributed by atoms with Gasteiger partial charge < -0.3 is 10.1 Å². The molecule has 0 atom stereocenters. The molecular weight excluding hydrogens is 361 g/mol. The van der Waals surface area contributed by atoms with Gasteiger partial charge >= 0.3 is 6.18 Å². The zero-order valence-electron chi connectivity index (χ0n) is 13.5. The van der Waals surface area contributed by atoms with Crippen LogP contribution in [0.3, 0.4) is 0 Å². The van der Waals surface area contributed by atoms with Crippen molar-refractivity contribution in [2.75, 3.05) is 0 Å². The molecule has 0 radical (unpaired) electrons. The molecule has 0 aliphatic carbocycles. The van der Waals surface area contributed by atoms with Gasteiger partial charge in [0, 0.05) is 6.20 Å². The van der Waals surface area contributed by atoms with Crippen molar-refractivity contribution < 1.29 is 18.3 Å². The summed E-state index contributed by atoms with van der Waals surface area (Å²) >= 11 is 0. The molecule has 0 amide bonds. The van der Waals surface area contributed by atoms with Crippen molar-refractivity contribution in [1.82, 2.24) is 19.5 Å². The standard InChI is InChI=1S/C18H11F3N4O2/c19-18(20,21)10-9-14(24-17(27)15(10)26)25-13-7-2-1-5-11(13)23-16(25)12-6-3-4-8-22-12/h1-9,26H,(H,24,27). The van der Waals surface area contributed by atoms with Gasteiger partial charge in [-0.15, -0.1) is 0 Å². The molecule has 0 unspecified atom stereocenters. The molecule has 6 nitrogen and oxygen atoms in total. The number of hydrogen-bond acceptors (Lipinski definition) is 4. The van der Waals surface area contributed by atoms with Gasteiger partial charge in [0.05, 0.1) is 11.0 Å². The quantitative estimate of drug-likeness (QED) is 0.564. The summed E-state index contributed by atoms with van der Waals surface area (Å²) in [6.07, 6.45) is -3.37. The van der Waals surface area contributed by atoms with Crippen LogP contribution in [-0.4, -0.2) is 24.6 Å². The number of H-pyrrole nitrogens is 1. The molecule has 4 aromatic rings. The van der Waals surface area contributed by atoms with E-state index in [1.165, 1.54) is 10.8 Å². The first-order chi connectivity index (χ1) is 12.9. The summed E-state index contributed by atoms with van der Waals surface area (Å²) < 4.78 is 41.1. The highest BCUT2D eigenvalue weighted by Gasteiger charge is 2.36. The number of fused-ring (bicyclic) bond motifs is 1. The van der Waals surface area contributed by atoms with E-state index in [0.717, 1.165) is 0 Å². The first-order valence-corrected chi connectivity index (χ1v) is 7.79. The van der Waals surface area contributed by atoms with Crippen molar-refractivity contribution in [3.63, 3.8) is 0 Å². The van der Waals surface area contributed by atoms with Crippen LogP contribution in [0.25, 0.3) is 28.4 Å². The van der Waals surface area contributed by atoms with E-state index in [-0.39, 0.29) is 11.6 Å². The van der Waals surface area contributed by atoms with Gasteiger partial charge in [-0.1, -0.05) is 18.2 Å². The number of para-hydroxylation sites is 2. The van der Waals surface area contributed by atoms with Crippen molar-refractivity contribution in [3.05, 3.63) is 70.6 Å². The van der Waals surface area contributed by atoms with Crippen molar-refractivity contribution in [3.8, 4) is 23.1 Å². The molecule has 0 fully saturated rings. The average Bonchev–Trinajstić information content (AvgIpc) is 3.03. The number of aromatic amines is 1. The molecule has 3 heterocycles. The van der Waals surface area contributed by atoms with Crippen LogP contribution in [0.2, 0.25) is 0 Å². The Morgan fingerprint density at radius 2 is 1.81 bits per heavy atom. The smallest absolute Gasteiger partial charge is 0.420 e. The second-order valence-electron chi connectivity index (χ2n) is 5.72. The molecule has 0 aliphatic rings. The summed E-state index contributed by atoms with van der Waals surface area (Å²) in [5, 5.41) is 9.55. The van der Waals surface area contributed by atoms with E-state index < -0.39 is 23.0 Å². The zero-order chi connectivity index (χ0) is 19.2. The number of aromatic nitrogens is 4. The summed E-state index contributed by atoms with van der Waals surface area (Å²) in [5.41, 5.74) is -1.26. The third-order valence-electron chi connectivity index (χ3n) is 3.99. The first-order valence-electron chi connectivity index (χ1n) is 7.79. The molecule has 0 bridgehead atoms. The molecule has 0 spiro atoms.